The third-order valence-electron chi connectivity index (χ3n) is 6.82. The van der Waals surface area contributed by atoms with E-state index in [1.165, 1.54) is 5.56 Å². The number of piperidine rings is 1. The molecule has 33 heavy (non-hydrogen) atoms. The van der Waals surface area contributed by atoms with Crippen LogP contribution < -0.4 is 10.2 Å². The van der Waals surface area contributed by atoms with Gasteiger partial charge >= 0.3 is 0 Å². The maximum Gasteiger partial charge on any atom is 0.272 e. The molecule has 1 saturated carbocycles. The van der Waals surface area contributed by atoms with E-state index >= 15 is 0 Å². The predicted molar refractivity (Wildman–Crippen MR) is 128 cm³/mol. The summed E-state index contributed by atoms with van der Waals surface area (Å²) in [5.41, 5.74) is 3.46. The molecule has 0 bridgehead atoms. The molecule has 168 valence electrons. The van der Waals surface area contributed by atoms with Gasteiger partial charge in [0, 0.05) is 36.5 Å². The van der Waals surface area contributed by atoms with Crippen molar-refractivity contribution in [3.63, 3.8) is 0 Å². The molecule has 6 nitrogen and oxygen atoms in total. The Bertz CT molecular complexity index is 1140. The van der Waals surface area contributed by atoms with Crippen molar-refractivity contribution in [2.45, 2.75) is 38.1 Å². The van der Waals surface area contributed by atoms with Crippen molar-refractivity contribution in [3.8, 4) is 0 Å². The highest BCUT2D eigenvalue weighted by Crippen LogP contribution is 2.40. The fraction of sp³-hybridized carbons (Fsp3) is 0.333. The molecule has 1 N–H and O–H groups in total. The number of nitrogens with zero attached hydrogens (tertiary/aromatic N) is 3. The highest BCUT2D eigenvalue weighted by Gasteiger charge is 2.39. The minimum absolute atomic E-state index is 0.0384. The summed E-state index contributed by atoms with van der Waals surface area (Å²) < 4.78 is 0. The van der Waals surface area contributed by atoms with Gasteiger partial charge in [0.2, 0.25) is 0 Å². The van der Waals surface area contributed by atoms with Crippen molar-refractivity contribution in [1.82, 2.24) is 15.5 Å². The van der Waals surface area contributed by atoms with Gasteiger partial charge in [-0.15, -0.1) is 10.2 Å². The molecule has 2 aromatic carbocycles. The molecule has 1 amide bonds. The van der Waals surface area contributed by atoms with Gasteiger partial charge in [-0.3, -0.25) is 9.59 Å². The maximum absolute atomic E-state index is 12.9. The van der Waals surface area contributed by atoms with Crippen molar-refractivity contribution in [3.05, 3.63) is 89.1 Å². The lowest BCUT2D eigenvalue weighted by molar-refractivity contribution is 0.0898. The number of carbonyl (C=O) groups excluding carboxylic acids is 2. The number of anilines is 1. The molecule has 1 aliphatic carbocycles. The highest BCUT2D eigenvalue weighted by molar-refractivity contribution is 5.99. The first-order valence-electron chi connectivity index (χ1n) is 11.6. The number of nitrogens with one attached hydrogen (secondary N) is 1. The summed E-state index contributed by atoms with van der Waals surface area (Å²) >= 11 is 0. The molecule has 1 aromatic heterocycles. The largest absolute Gasteiger partial charge is 0.355 e. The van der Waals surface area contributed by atoms with Crippen molar-refractivity contribution in [2.75, 3.05) is 18.0 Å². The Kier molecular flexibility index (Phi) is 5.90. The van der Waals surface area contributed by atoms with Crippen LogP contribution in [0.25, 0.3) is 0 Å². The van der Waals surface area contributed by atoms with Crippen molar-refractivity contribution in [1.29, 1.82) is 0 Å². The second kappa shape index (κ2) is 9.14. The number of rotatable bonds is 6. The predicted octanol–water partition coefficient (Wildman–Crippen LogP) is 4.17. The van der Waals surface area contributed by atoms with Crippen LogP contribution in [0.2, 0.25) is 0 Å². The van der Waals surface area contributed by atoms with E-state index in [1.807, 2.05) is 55.5 Å². The van der Waals surface area contributed by atoms with Crippen LogP contribution in [-0.2, 0) is 0 Å². The number of ketones is 1. The fourth-order valence-corrected chi connectivity index (χ4v) is 4.72. The average molecular weight is 441 g/mol. The van der Waals surface area contributed by atoms with Gasteiger partial charge in [-0.2, -0.15) is 0 Å². The Morgan fingerprint density at radius 1 is 0.909 bits per heavy atom. The Labute approximate surface area is 194 Å². The van der Waals surface area contributed by atoms with Gasteiger partial charge in [0.15, 0.2) is 17.3 Å². The number of amides is 1. The SMILES string of the molecule is Cc1ccccc1C(=O)C1CCN(c2ccc(C(=O)NC3CC3c3ccccc3)nn2)CC1. The smallest absolute Gasteiger partial charge is 0.272 e. The topological polar surface area (TPSA) is 75.2 Å². The Hall–Kier alpha value is -3.54. The average Bonchev–Trinajstić information content (AvgIpc) is 3.64. The van der Waals surface area contributed by atoms with Gasteiger partial charge in [0.05, 0.1) is 0 Å². The molecule has 6 heteroatoms. The molecular weight excluding hydrogens is 412 g/mol. The second-order valence-electron chi connectivity index (χ2n) is 9.05. The van der Waals surface area contributed by atoms with Gasteiger partial charge in [-0.1, -0.05) is 54.6 Å². The molecule has 0 radical (unpaired) electrons. The summed E-state index contributed by atoms with van der Waals surface area (Å²) in [6.07, 6.45) is 2.54. The number of aryl methyl sites for hydroxylation is 1. The molecule has 2 aliphatic rings. The first-order valence-corrected chi connectivity index (χ1v) is 11.6. The lowest BCUT2D eigenvalue weighted by Crippen LogP contribution is -2.37. The second-order valence-corrected chi connectivity index (χ2v) is 9.05. The number of aromatic nitrogens is 2. The molecule has 2 atom stereocenters. The monoisotopic (exact) mass is 440 g/mol. The molecule has 1 aliphatic heterocycles. The van der Waals surface area contributed by atoms with Crippen LogP contribution in [0.3, 0.4) is 0 Å². The molecule has 0 spiro atoms. The minimum Gasteiger partial charge on any atom is -0.355 e. The Balaban J connectivity index is 1.14. The van der Waals surface area contributed by atoms with E-state index in [9.17, 15) is 9.59 Å². The van der Waals surface area contributed by atoms with E-state index in [0.29, 0.717) is 11.6 Å². The first-order chi connectivity index (χ1) is 16.1. The van der Waals surface area contributed by atoms with Crippen LogP contribution in [0.1, 0.15) is 57.2 Å². The number of hydrogen-bond acceptors (Lipinski definition) is 5. The molecule has 3 aromatic rings. The number of hydrogen-bond donors (Lipinski definition) is 1. The summed E-state index contributed by atoms with van der Waals surface area (Å²) in [4.78, 5) is 27.6. The van der Waals surface area contributed by atoms with Crippen molar-refractivity contribution >= 4 is 17.5 Å². The molecule has 2 fully saturated rings. The van der Waals surface area contributed by atoms with E-state index in [1.54, 1.807) is 6.07 Å². The Morgan fingerprint density at radius 3 is 2.33 bits per heavy atom. The van der Waals surface area contributed by atoms with Gasteiger partial charge in [-0.05, 0) is 49.4 Å². The highest BCUT2D eigenvalue weighted by atomic mass is 16.2. The zero-order valence-electron chi connectivity index (χ0n) is 18.8. The van der Waals surface area contributed by atoms with Gasteiger partial charge in [0.1, 0.15) is 0 Å². The van der Waals surface area contributed by atoms with Crippen LogP contribution in [-0.4, -0.2) is 41.0 Å². The standard InChI is InChI=1S/C27H28N4O2/c1-18-7-5-6-10-21(18)26(32)20-13-15-31(16-14-20)25-12-11-23(29-30-25)27(33)28-24-17-22(24)19-8-3-2-4-9-19/h2-12,20,22,24H,13-17H2,1H3,(H,28,33). The van der Waals surface area contributed by atoms with Crippen LogP contribution in [0, 0.1) is 12.8 Å². The summed E-state index contributed by atoms with van der Waals surface area (Å²) in [6.45, 7) is 3.49. The van der Waals surface area contributed by atoms with Crippen LogP contribution in [0.15, 0.2) is 66.7 Å². The van der Waals surface area contributed by atoms with E-state index in [0.717, 1.165) is 49.3 Å². The fourth-order valence-electron chi connectivity index (χ4n) is 4.72. The number of carbonyl (C=O) groups is 2. The van der Waals surface area contributed by atoms with E-state index in [-0.39, 0.29) is 23.7 Å². The van der Waals surface area contributed by atoms with Crippen molar-refractivity contribution in [2.24, 2.45) is 5.92 Å². The molecule has 5 rings (SSSR count). The lowest BCUT2D eigenvalue weighted by atomic mass is 9.87. The Morgan fingerprint density at radius 2 is 1.64 bits per heavy atom. The lowest BCUT2D eigenvalue weighted by Gasteiger charge is -2.32. The van der Waals surface area contributed by atoms with E-state index in [2.05, 4.69) is 32.5 Å². The van der Waals surface area contributed by atoms with Crippen LogP contribution in [0.4, 0.5) is 5.82 Å². The first kappa shape index (κ1) is 21.3. The van der Waals surface area contributed by atoms with Gasteiger partial charge < -0.3 is 10.2 Å². The summed E-state index contributed by atoms with van der Waals surface area (Å²) in [5, 5.41) is 11.5. The summed E-state index contributed by atoms with van der Waals surface area (Å²) in [7, 11) is 0. The minimum atomic E-state index is -0.181. The summed E-state index contributed by atoms with van der Waals surface area (Å²) in [5.74, 6) is 1.23. The molecule has 1 saturated heterocycles. The third-order valence-corrected chi connectivity index (χ3v) is 6.82. The normalized spacial score (nSPS) is 20.3. The van der Waals surface area contributed by atoms with Crippen LogP contribution >= 0.6 is 0 Å². The number of benzene rings is 2. The van der Waals surface area contributed by atoms with E-state index < -0.39 is 0 Å². The zero-order valence-corrected chi connectivity index (χ0v) is 18.8. The van der Waals surface area contributed by atoms with Crippen LogP contribution in [0.5, 0.6) is 0 Å². The van der Waals surface area contributed by atoms with Crippen molar-refractivity contribution < 1.29 is 9.59 Å². The number of Topliss-reactive ketones (excluding diaryl/α,β-unsaturated/α-hetero) is 1. The van der Waals surface area contributed by atoms with Gasteiger partial charge in [-0.25, -0.2) is 0 Å². The zero-order chi connectivity index (χ0) is 22.8. The molecule has 2 heterocycles. The third kappa shape index (κ3) is 4.65. The molecular formula is C27H28N4O2. The quantitative estimate of drug-likeness (QED) is 0.583. The maximum atomic E-state index is 12.9. The van der Waals surface area contributed by atoms with E-state index in [4.69, 9.17) is 0 Å². The van der Waals surface area contributed by atoms with Gasteiger partial charge in [0.25, 0.3) is 5.91 Å². The summed E-state index contributed by atoms with van der Waals surface area (Å²) in [6, 6.07) is 21.8. The molecule has 2 unspecified atom stereocenters.